The Hall–Kier alpha value is -1.88. The number of carbonyl (C=O) groups excluding carboxylic acids is 2. The lowest BCUT2D eigenvalue weighted by atomic mass is 10.2. The van der Waals surface area contributed by atoms with Crippen LogP contribution in [0.3, 0.4) is 0 Å². The van der Waals surface area contributed by atoms with E-state index in [0.29, 0.717) is 12.4 Å². The molecular weight excluding hydrogens is 248 g/mol. The molecule has 1 N–H and O–H groups in total. The number of rotatable bonds is 8. The van der Waals surface area contributed by atoms with Crippen molar-refractivity contribution in [2.24, 2.45) is 0 Å². The van der Waals surface area contributed by atoms with Crippen molar-refractivity contribution < 1.29 is 24.2 Å². The zero-order valence-corrected chi connectivity index (χ0v) is 10.9. The molecule has 0 saturated heterocycles. The van der Waals surface area contributed by atoms with Crippen LogP contribution in [0.4, 0.5) is 0 Å². The molecule has 1 aromatic rings. The van der Waals surface area contributed by atoms with Gasteiger partial charge >= 0.3 is 5.97 Å². The van der Waals surface area contributed by atoms with E-state index in [2.05, 4.69) is 0 Å². The van der Waals surface area contributed by atoms with Crippen LogP contribution in [0, 0.1) is 0 Å². The number of carbonyl (C=O) groups is 2. The molecule has 1 aromatic carbocycles. The van der Waals surface area contributed by atoms with E-state index in [1.807, 2.05) is 0 Å². The van der Waals surface area contributed by atoms with E-state index in [1.54, 1.807) is 31.2 Å². The van der Waals surface area contributed by atoms with Gasteiger partial charge < -0.3 is 14.6 Å². The van der Waals surface area contributed by atoms with Crippen molar-refractivity contribution in [3.8, 4) is 5.75 Å². The first kappa shape index (κ1) is 15.2. The maximum absolute atomic E-state index is 11.5. The predicted octanol–water partition coefficient (Wildman–Crippen LogP) is 1.47. The Morgan fingerprint density at radius 2 is 1.84 bits per heavy atom. The minimum Gasteiger partial charge on any atom is -0.486 e. The molecule has 0 bridgehead atoms. The lowest BCUT2D eigenvalue weighted by Gasteiger charge is -2.06. The maximum atomic E-state index is 11.5. The normalized spacial score (nSPS) is 10.0. The van der Waals surface area contributed by atoms with Crippen molar-refractivity contribution in [3.05, 3.63) is 29.8 Å². The molecule has 19 heavy (non-hydrogen) atoms. The van der Waals surface area contributed by atoms with Gasteiger partial charge in [0.05, 0.1) is 19.6 Å². The van der Waals surface area contributed by atoms with Crippen LogP contribution in [0.15, 0.2) is 24.3 Å². The maximum Gasteiger partial charge on any atom is 0.306 e. The molecule has 0 aliphatic carbocycles. The van der Waals surface area contributed by atoms with Gasteiger partial charge in [-0.15, -0.1) is 0 Å². The molecule has 1 rings (SSSR count). The molecule has 0 aliphatic heterocycles. The number of esters is 1. The quantitative estimate of drug-likeness (QED) is 0.721. The van der Waals surface area contributed by atoms with Crippen molar-refractivity contribution in [1.82, 2.24) is 0 Å². The zero-order valence-electron chi connectivity index (χ0n) is 10.9. The van der Waals surface area contributed by atoms with Crippen LogP contribution in [0.2, 0.25) is 0 Å². The molecule has 104 valence electrons. The highest BCUT2D eigenvalue weighted by atomic mass is 16.5. The molecule has 5 heteroatoms. The fourth-order valence-corrected chi connectivity index (χ4v) is 1.40. The Bertz CT molecular complexity index is 410. The van der Waals surface area contributed by atoms with Crippen LogP contribution in [0.1, 0.15) is 25.3 Å². The average molecular weight is 266 g/mol. The second-order valence-electron chi connectivity index (χ2n) is 3.93. The highest BCUT2D eigenvalue weighted by molar-refractivity contribution is 5.84. The number of aliphatic hydroxyl groups excluding tert-OH is 1. The average Bonchev–Trinajstić information content (AvgIpc) is 2.44. The summed E-state index contributed by atoms with van der Waals surface area (Å²) < 4.78 is 10.0. The summed E-state index contributed by atoms with van der Waals surface area (Å²) in [4.78, 5) is 22.5. The van der Waals surface area contributed by atoms with Crippen LogP contribution < -0.4 is 4.74 Å². The first-order valence-electron chi connectivity index (χ1n) is 6.15. The summed E-state index contributed by atoms with van der Waals surface area (Å²) in [5.74, 6) is 0.0316. The van der Waals surface area contributed by atoms with E-state index in [-0.39, 0.29) is 37.8 Å². The van der Waals surface area contributed by atoms with Gasteiger partial charge in [-0.1, -0.05) is 12.1 Å². The Labute approximate surface area is 112 Å². The predicted molar refractivity (Wildman–Crippen MR) is 68.7 cm³/mol. The molecular formula is C14H18O5. The molecule has 5 nitrogen and oxygen atoms in total. The van der Waals surface area contributed by atoms with Crippen LogP contribution >= 0.6 is 0 Å². The van der Waals surface area contributed by atoms with Gasteiger partial charge in [-0.25, -0.2) is 0 Å². The first-order valence-corrected chi connectivity index (χ1v) is 6.15. The molecule has 0 saturated carbocycles. The van der Waals surface area contributed by atoms with Gasteiger partial charge in [0.1, 0.15) is 12.4 Å². The second kappa shape index (κ2) is 8.26. The largest absolute Gasteiger partial charge is 0.486 e. The van der Waals surface area contributed by atoms with Crippen molar-refractivity contribution >= 4 is 11.8 Å². The zero-order chi connectivity index (χ0) is 14.1. The molecule has 0 atom stereocenters. The summed E-state index contributed by atoms with van der Waals surface area (Å²) in [7, 11) is 0. The Kier molecular flexibility index (Phi) is 6.60. The fraction of sp³-hybridized carbons (Fsp3) is 0.429. The van der Waals surface area contributed by atoms with Crippen LogP contribution in [0.5, 0.6) is 5.75 Å². The summed E-state index contributed by atoms with van der Waals surface area (Å²) in [6.07, 6.45) is 0.201. The lowest BCUT2D eigenvalue weighted by molar-refractivity contribution is -0.144. The number of benzene rings is 1. The summed E-state index contributed by atoms with van der Waals surface area (Å²) in [6, 6.07) is 6.81. The van der Waals surface area contributed by atoms with Crippen LogP contribution in [0.25, 0.3) is 0 Å². The molecule has 0 aliphatic rings. The van der Waals surface area contributed by atoms with Crippen molar-refractivity contribution in [3.63, 3.8) is 0 Å². The van der Waals surface area contributed by atoms with E-state index in [1.165, 1.54) is 0 Å². The summed E-state index contributed by atoms with van der Waals surface area (Å²) >= 11 is 0. The highest BCUT2D eigenvalue weighted by Crippen LogP contribution is 2.12. The molecule has 0 heterocycles. The molecule has 0 unspecified atom stereocenters. The standard InChI is InChI=1S/C14H18O5/c1-2-18-14(17)8-5-12(16)10-19-13-6-3-11(9-15)4-7-13/h3-4,6-7,15H,2,5,8-10H2,1H3. The van der Waals surface area contributed by atoms with E-state index in [4.69, 9.17) is 14.6 Å². The third-order valence-electron chi connectivity index (χ3n) is 2.42. The third-order valence-corrected chi connectivity index (χ3v) is 2.42. The third kappa shape index (κ3) is 6.01. The lowest BCUT2D eigenvalue weighted by Crippen LogP contribution is -2.14. The van der Waals surface area contributed by atoms with Crippen LogP contribution in [-0.4, -0.2) is 30.1 Å². The first-order chi connectivity index (χ1) is 9.15. The minimum atomic E-state index is -0.372. The van der Waals surface area contributed by atoms with E-state index in [9.17, 15) is 9.59 Å². The molecule has 0 fully saturated rings. The second-order valence-corrected chi connectivity index (χ2v) is 3.93. The number of ketones is 1. The number of aliphatic hydroxyl groups is 1. The molecule has 0 aromatic heterocycles. The van der Waals surface area contributed by atoms with Gasteiger partial charge in [0, 0.05) is 6.42 Å². The SMILES string of the molecule is CCOC(=O)CCC(=O)COc1ccc(CO)cc1. The smallest absolute Gasteiger partial charge is 0.306 e. The number of ether oxygens (including phenoxy) is 2. The van der Waals surface area contributed by atoms with Crippen molar-refractivity contribution in [1.29, 1.82) is 0 Å². The summed E-state index contributed by atoms with van der Waals surface area (Å²) in [5, 5.41) is 8.87. The fourth-order valence-electron chi connectivity index (χ4n) is 1.40. The highest BCUT2D eigenvalue weighted by Gasteiger charge is 2.08. The topological polar surface area (TPSA) is 72.8 Å². The number of Topliss-reactive ketones (excluding diaryl/α,β-unsaturated/α-hetero) is 1. The van der Waals surface area contributed by atoms with Crippen molar-refractivity contribution in [2.45, 2.75) is 26.4 Å². The van der Waals surface area contributed by atoms with Crippen LogP contribution in [-0.2, 0) is 20.9 Å². The van der Waals surface area contributed by atoms with E-state index >= 15 is 0 Å². The van der Waals surface area contributed by atoms with Gasteiger partial charge in [-0.2, -0.15) is 0 Å². The minimum absolute atomic E-state index is 0.0290. The van der Waals surface area contributed by atoms with E-state index < -0.39 is 0 Å². The van der Waals surface area contributed by atoms with Gasteiger partial charge in [0.2, 0.25) is 0 Å². The van der Waals surface area contributed by atoms with Gasteiger partial charge in [-0.3, -0.25) is 9.59 Å². The monoisotopic (exact) mass is 266 g/mol. The molecule has 0 radical (unpaired) electrons. The molecule has 0 amide bonds. The Morgan fingerprint density at radius 1 is 1.16 bits per heavy atom. The van der Waals surface area contributed by atoms with Gasteiger partial charge in [0.25, 0.3) is 0 Å². The Balaban J connectivity index is 2.27. The van der Waals surface area contributed by atoms with Crippen molar-refractivity contribution in [2.75, 3.05) is 13.2 Å². The van der Waals surface area contributed by atoms with Gasteiger partial charge in [-0.05, 0) is 24.6 Å². The number of hydrogen-bond donors (Lipinski definition) is 1. The summed E-state index contributed by atoms with van der Waals surface area (Å²) in [5.41, 5.74) is 0.779. The number of hydrogen-bond acceptors (Lipinski definition) is 5. The molecule has 0 spiro atoms. The summed E-state index contributed by atoms with van der Waals surface area (Å²) in [6.45, 7) is 1.94. The van der Waals surface area contributed by atoms with Gasteiger partial charge in [0.15, 0.2) is 5.78 Å². The Morgan fingerprint density at radius 3 is 2.42 bits per heavy atom. The van der Waals surface area contributed by atoms with E-state index in [0.717, 1.165) is 5.56 Å².